The normalized spacial score (nSPS) is 18.7. The summed E-state index contributed by atoms with van der Waals surface area (Å²) in [4.78, 5) is 34.1. The van der Waals surface area contributed by atoms with Crippen LogP contribution < -0.4 is 10.2 Å². The van der Waals surface area contributed by atoms with E-state index in [2.05, 4.69) is 20.2 Å². The second-order valence-electron chi connectivity index (χ2n) is 7.57. The molecule has 0 spiro atoms. The standard InChI is InChI=1S/C22H29ClN4O4/c1-5-16-19(23)26-20(24-16)21(28)25-17-7-8-27(12-18(17)30-4)15-10-13(3)9-14(11-15)22(29)31-6-2/h9-11,17-18H,5-8,12H2,1-4H3,(H,24,26)(H,25,28). The van der Waals surface area contributed by atoms with E-state index in [1.165, 1.54) is 0 Å². The highest BCUT2D eigenvalue weighted by atomic mass is 35.5. The second kappa shape index (κ2) is 10.2. The Hall–Kier alpha value is -2.58. The third-order valence-electron chi connectivity index (χ3n) is 5.41. The van der Waals surface area contributed by atoms with Gasteiger partial charge in [-0.3, -0.25) is 4.79 Å². The van der Waals surface area contributed by atoms with Crippen LogP contribution in [0.3, 0.4) is 0 Å². The Kier molecular flexibility index (Phi) is 7.56. The van der Waals surface area contributed by atoms with Gasteiger partial charge in [-0.05, 0) is 50.5 Å². The van der Waals surface area contributed by atoms with Crippen molar-refractivity contribution < 1.29 is 19.1 Å². The van der Waals surface area contributed by atoms with Gasteiger partial charge in [0, 0.05) is 25.9 Å². The molecule has 1 aliphatic heterocycles. The van der Waals surface area contributed by atoms with Crippen LogP contribution in [0.2, 0.25) is 5.15 Å². The Morgan fingerprint density at radius 3 is 2.74 bits per heavy atom. The molecule has 0 saturated carbocycles. The minimum absolute atomic E-state index is 0.169. The first-order chi connectivity index (χ1) is 14.9. The van der Waals surface area contributed by atoms with E-state index in [0.717, 1.165) is 16.9 Å². The highest BCUT2D eigenvalue weighted by Gasteiger charge is 2.32. The number of esters is 1. The highest BCUT2D eigenvalue weighted by Crippen LogP contribution is 2.25. The van der Waals surface area contributed by atoms with E-state index in [-0.39, 0.29) is 29.8 Å². The summed E-state index contributed by atoms with van der Waals surface area (Å²) in [6, 6.07) is 5.53. The van der Waals surface area contributed by atoms with Gasteiger partial charge < -0.3 is 24.7 Å². The Bertz CT molecular complexity index is 946. The number of halogens is 1. The number of nitrogens with one attached hydrogen (secondary N) is 2. The quantitative estimate of drug-likeness (QED) is 0.631. The summed E-state index contributed by atoms with van der Waals surface area (Å²) >= 11 is 6.06. The molecule has 9 heteroatoms. The van der Waals surface area contributed by atoms with Crippen LogP contribution in [0.15, 0.2) is 18.2 Å². The zero-order valence-electron chi connectivity index (χ0n) is 18.3. The lowest BCUT2D eigenvalue weighted by Gasteiger charge is -2.39. The number of carbonyl (C=O) groups is 2. The number of benzene rings is 1. The smallest absolute Gasteiger partial charge is 0.338 e. The first-order valence-corrected chi connectivity index (χ1v) is 10.9. The van der Waals surface area contributed by atoms with Crippen molar-refractivity contribution in [3.05, 3.63) is 46.0 Å². The summed E-state index contributed by atoms with van der Waals surface area (Å²) < 4.78 is 10.8. The first kappa shape index (κ1) is 23.1. The summed E-state index contributed by atoms with van der Waals surface area (Å²) in [5.41, 5.74) is 3.18. The van der Waals surface area contributed by atoms with Gasteiger partial charge >= 0.3 is 5.97 Å². The van der Waals surface area contributed by atoms with Gasteiger partial charge in [-0.1, -0.05) is 18.5 Å². The number of H-pyrrole nitrogens is 1. The van der Waals surface area contributed by atoms with Crippen LogP contribution in [0.1, 0.15) is 52.5 Å². The number of hydrogen-bond acceptors (Lipinski definition) is 6. The minimum Gasteiger partial charge on any atom is -0.462 e. The van der Waals surface area contributed by atoms with Crippen LogP contribution in [0, 0.1) is 6.92 Å². The number of ether oxygens (including phenoxy) is 2. The predicted octanol–water partition coefficient (Wildman–Crippen LogP) is 3.13. The second-order valence-corrected chi connectivity index (χ2v) is 7.93. The number of carbonyl (C=O) groups excluding carboxylic acids is 2. The first-order valence-electron chi connectivity index (χ1n) is 10.5. The third kappa shape index (κ3) is 5.37. The van der Waals surface area contributed by atoms with Crippen LogP contribution in [0.25, 0.3) is 0 Å². The number of amides is 1. The molecule has 0 radical (unpaired) electrons. The van der Waals surface area contributed by atoms with Crippen molar-refractivity contribution in [2.75, 3.05) is 31.7 Å². The minimum atomic E-state index is -0.332. The lowest BCUT2D eigenvalue weighted by Crippen LogP contribution is -2.55. The molecule has 2 unspecified atom stereocenters. The van der Waals surface area contributed by atoms with E-state index >= 15 is 0 Å². The van der Waals surface area contributed by atoms with E-state index in [0.29, 0.717) is 43.3 Å². The third-order valence-corrected chi connectivity index (χ3v) is 5.73. The summed E-state index contributed by atoms with van der Waals surface area (Å²) in [5.74, 6) is -0.430. The van der Waals surface area contributed by atoms with Crippen LogP contribution in [-0.2, 0) is 15.9 Å². The number of imidazole rings is 1. The number of anilines is 1. The molecule has 2 heterocycles. The molecule has 1 aromatic carbocycles. The number of methoxy groups -OCH3 is 1. The molecule has 1 amide bonds. The van der Waals surface area contributed by atoms with Crippen molar-refractivity contribution in [2.24, 2.45) is 0 Å². The molecule has 1 fully saturated rings. The van der Waals surface area contributed by atoms with Gasteiger partial charge in [0.05, 0.1) is 30.0 Å². The lowest BCUT2D eigenvalue weighted by atomic mass is 10.00. The van der Waals surface area contributed by atoms with Gasteiger partial charge in [-0.15, -0.1) is 0 Å². The summed E-state index contributed by atoms with van der Waals surface area (Å²) in [6.07, 6.45) is 1.13. The molecule has 8 nitrogen and oxygen atoms in total. The monoisotopic (exact) mass is 448 g/mol. The van der Waals surface area contributed by atoms with E-state index in [1.807, 2.05) is 32.0 Å². The zero-order valence-corrected chi connectivity index (χ0v) is 19.1. The van der Waals surface area contributed by atoms with E-state index in [4.69, 9.17) is 21.1 Å². The zero-order chi connectivity index (χ0) is 22.5. The SMILES string of the molecule is CCOC(=O)c1cc(C)cc(N2CCC(NC(=O)c3nc(Cl)c(CC)[nH]3)C(OC)C2)c1. The molecule has 1 aliphatic rings. The average molecular weight is 449 g/mol. The Balaban J connectivity index is 1.70. The van der Waals surface area contributed by atoms with E-state index in [9.17, 15) is 9.59 Å². The molecule has 31 heavy (non-hydrogen) atoms. The number of aromatic nitrogens is 2. The van der Waals surface area contributed by atoms with Crippen LogP contribution in [0.5, 0.6) is 0 Å². The number of piperidine rings is 1. The fourth-order valence-electron chi connectivity index (χ4n) is 3.80. The van der Waals surface area contributed by atoms with Gasteiger partial charge in [-0.2, -0.15) is 0 Å². The van der Waals surface area contributed by atoms with E-state index in [1.54, 1.807) is 14.0 Å². The highest BCUT2D eigenvalue weighted by molar-refractivity contribution is 6.30. The van der Waals surface area contributed by atoms with E-state index < -0.39 is 0 Å². The molecule has 2 aromatic rings. The summed E-state index contributed by atoms with van der Waals surface area (Å²) in [7, 11) is 1.63. The molecule has 1 saturated heterocycles. The Morgan fingerprint density at radius 2 is 2.10 bits per heavy atom. The molecule has 2 atom stereocenters. The molecule has 0 bridgehead atoms. The number of nitrogens with zero attached hydrogens (tertiary/aromatic N) is 2. The summed E-state index contributed by atoms with van der Waals surface area (Å²) in [5, 5.41) is 3.34. The number of aromatic amines is 1. The Labute approximate surface area is 187 Å². The average Bonchev–Trinajstić information content (AvgIpc) is 3.14. The van der Waals surface area contributed by atoms with Crippen molar-refractivity contribution in [2.45, 2.75) is 45.8 Å². The van der Waals surface area contributed by atoms with Gasteiger partial charge in [0.2, 0.25) is 0 Å². The fourth-order valence-corrected chi connectivity index (χ4v) is 4.06. The molecule has 168 valence electrons. The maximum atomic E-state index is 12.6. The van der Waals surface area contributed by atoms with Gasteiger partial charge in [0.15, 0.2) is 11.0 Å². The number of aryl methyl sites for hydroxylation is 2. The molecule has 2 N–H and O–H groups in total. The number of rotatable bonds is 7. The van der Waals surface area contributed by atoms with Crippen molar-refractivity contribution >= 4 is 29.2 Å². The molecular formula is C22H29ClN4O4. The van der Waals surface area contributed by atoms with Crippen LogP contribution in [-0.4, -0.2) is 60.8 Å². The topological polar surface area (TPSA) is 96.5 Å². The predicted molar refractivity (Wildman–Crippen MR) is 119 cm³/mol. The molecule has 0 aliphatic carbocycles. The Morgan fingerprint density at radius 1 is 1.32 bits per heavy atom. The summed E-state index contributed by atoms with van der Waals surface area (Å²) in [6.45, 7) is 7.29. The van der Waals surface area contributed by atoms with Crippen LogP contribution >= 0.6 is 11.6 Å². The van der Waals surface area contributed by atoms with Crippen LogP contribution in [0.4, 0.5) is 5.69 Å². The van der Waals surface area contributed by atoms with Crippen molar-refractivity contribution in [1.82, 2.24) is 15.3 Å². The number of hydrogen-bond donors (Lipinski definition) is 2. The maximum Gasteiger partial charge on any atom is 0.338 e. The fraction of sp³-hybridized carbons (Fsp3) is 0.500. The van der Waals surface area contributed by atoms with Crippen molar-refractivity contribution in [3.63, 3.8) is 0 Å². The van der Waals surface area contributed by atoms with Crippen molar-refractivity contribution in [3.8, 4) is 0 Å². The molecular weight excluding hydrogens is 420 g/mol. The largest absolute Gasteiger partial charge is 0.462 e. The maximum absolute atomic E-state index is 12.6. The molecule has 3 rings (SSSR count). The van der Waals surface area contributed by atoms with Gasteiger partial charge in [0.1, 0.15) is 0 Å². The van der Waals surface area contributed by atoms with Crippen molar-refractivity contribution in [1.29, 1.82) is 0 Å². The van der Waals surface area contributed by atoms with Gasteiger partial charge in [-0.25, -0.2) is 9.78 Å². The van der Waals surface area contributed by atoms with Gasteiger partial charge in [0.25, 0.3) is 5.91 Å². The lowest BCUT2D eigenvalue weighted by molar-refractivity contribution is 0.0522. The molecule has 1 aromatic heterocycles.